The van der Waals surface area contributed by atoms with Gasteiger partial charge in [-0.1, -0.05) is 12.0 Å². The average Bonchev–Trinajstić information content (AvgIpc) is 3.11. The van der Waals surface area contributed by atoms with Gasteiger partial charge in [-0.15, -0.1) is 6.42 Å². The fourth-order valence-corrected chi connectivity index (χ4v) is 4.27. The van der Waals surface area contributed by atoms with Gasteiger partial charge in [-0.2, -0.15) is 0 Å². The van der Waals surface area contributed by atoms with Crippen molar-refractivity contribution in [3.05, 3.63) is 58.9 Å². The van der Waals surface area contributed by atoms with Crippen LogP contribution in [0.5, 0.6) is 0 Å². The van der Waals surface area contributed by atoms with Crippen LogP contribution in [0, 0.1) is 12.3 Å². The maximum atomic E-state index is 12.9. The Bertz CT molecular complexity index is 1050. The Morgan fingerprint density at radius 2 is 2.03 bits per heavy atom. The summed E-state index contributed by atoms with van der Waals surface area (Å²) in [5.74, 6) is 2.27. The number of hydrogen-bond acceptors (Lipinski definition) is 5. The van der Waals surface area contributed by atoms with Crippen LogP contribution in [0.15, 0.2) is 36.5 Å². The van der Waals surface area contributed by atoms with Gasteiger partial charge in [0.2, 0.25) is 0 Å². The van der Waals surface area contributed by atoms with E-state index >= 15 is 0 Å². The van der Waals surface area contributed by atoms with Gasteiger partial charge in [0.05, 0.1) is 12.5 Å². The molecule has 0 saturated heterocycles. The van der Waals surface area contributed by atoms with Gasteiger partial charge in [-0.05, 0) is 49.9 Å². The Hall–Kier alpha value is -3.46. The number of anilines is 1. The van der Waals surface area contributed by atoms with Crippen molar-refractivity contribution in [2.75, 3.05) is 11.9 Å². The number of nitrogens with zero attached hydrogens (tertiary/aromatic N) is 2. The molecule has 1 aromatic carbocycles. The second-order valence-electron chi connectivity index (χ2n) is 8.07. The van der Waals surface area contributed by atoms with Gasteiger partial charge in [0.15, 0.2) is 5.78 Å². The molecule has 1 atom stereocenters. The summed E-state index contributed by atoms with van der Waals surface area (Å²) < 4.78 is 0. The van der Waals surface area contributed by atoms with E-state index in [4.69, 9.17) is 6.42 Å². The maximum absolute atomic E-state index is 12.9. The number of nitrogens with one attached hydrogen (secondary N) is 1. The monoisotopic (exact) mass is 415 g/mol. The lowest BCUT2D eigenvalue weighted by atomic mass is 9.92. The summed E-state index contributed by atoms with van der Waals surface area (Å²) in [6.07, 6.45) is 10.6. The molecule has 1 fully saturated rings. The topological polar surface area (TPSA) is 79.4 Å². The van der Waals surface area contributed by atoms with Crippen LogP contribution in [0.4, 0.5) is 5.69 Å². The molecule has 1 aliphatic heterocycles. The van der Waals surface area contributed by atoms with Gasteiger partial charge < -0.3 is 10.2 Å². The number of carbonyl (C=O) groups is 3. The summed E-state index contributed by atoms with van der Waals surface area (Å²) in [6.45, 7) is 1.19. The highest BCUT2D eigenvalue weighted by molar-refractivity contribution is 6.08. The highest BCUT2D eigenvalue weighted by Crippen LogP contribution is 2.33. The molecule has 2 aromatic rings. The predicted molar refractivity (Wildman–Crippen MR) is 118 cm³/mol. The number of pyridine rings is 1. The number of rotatable bonds is 7. The molecule has 0 spiro atoms. The number of carbonyl (C=O) groups excluding carboxylic acids is 3. The minimum absolute atomic E-state index is 0.0324. The molecule has 2 heterocycles. The number of benzene rings is 1. The summed E-state index contributed by atoms with van der Waals surface area (Å²) in [6, 6.07) is 9.04. The van der Waals surface area contributed by atoms with Gasteiger partial charge in [-0.3, -0.25) is 19.4 Å². The van der Waals surface area contributed by atoms with E-state index in [0.29, 0.717) is 24.9 Å². The first-order valence-electron chi connectivity index (χ1n) is 10.7. The van der Waals surface area contributed by atoms with Crippen LogP contribution in [0.1, 0.15) is 59.3 Å². The molecule has 1 aliphatic carbocycles. The zero-order chi connectivity index (χ0) is 21.8. The Labute approximate surface area is 182 Å². The largest absolute Gasteiger partial charge is 0.385 e. The minimum Gasteiger partial charge on any atom is -0.385 e. The molecule has 1 unspecified atom stereocenters. The molecule has 4 rings (SSSR count). The lowest BCUT2D eigenvalue weighted by Gasteiger charge is -2.29. The molecule has 0 radical (unpaired) electrons. The second-order valence-corrected chi connectivity index (χ2v) is 8.07. The van der Waals surface area contributed by atoms with Crippen molar-refractivity contribution in [2.45, 2.75) is 51.1 Å². The molecule has 0 bridgehead atoms. The van der Waals surface area contributed by atoms with Gasteiger partial charge in [0, 0.05) is 53.8 Å². The number of hydrogen-bond donors (Lipinski definition) is 1. The van der Waals surface area contributed by atoms with E-state index in [0.717, 1.165) is 48.3 Å². The van der Waals surface area contributed by atoms with E-state index in [1.54, 1.807) is 11.1 Å². The van der Waals surface area contributed by atoms with E-state index in [-0.39, 0.29) is 23.9 Å². The number of ketones is 2. The smallest absolute Gasteiger partial charge is 0.255 e. The molecule has 1 amide bonds. The highest BCUT2D eigenvalue weighted by atomic mass is 16.2. The number of unbranched alkanes of at least 4 members (excludes halogenated alkanes) is 1. The van der Waals surface area contributed by atoms with E-state index in [2.05, 4.69) is 16.2 Å². The van der Waals surface area contributed by atoms with Crippen molar-refractivity contribution in [1.29, 1.82) is 0 Å². The number of amides is 1. The second kappa shape index (κ2) is 9.13. The summed E-state index contributed by atoms with van der Waals surface area (Å²) >= 11 is 0. The molecule has 158 valence electrons. The zero-order valence-corrected chi connectivity index (χ0v) is 17.4. The van der Waals surface area contributed by atoms with Crippen LogP contribution >= 0.6 is 0 Å². The van der Waals surface area contributed by atoms with Crippen molar-refractivity contribution in [3.8, 4) is 12.3 Å². The lowest BCUT2D eigenvalue weighted by molar-refractivity contribution is -0.133. The third-order valence-corrected chi connectivity index (χ3v) is 5.98. The van der Waals surface area contributed by atoms with Gasteiger partial charge in [0.25, 0.3) is 5.91 Å². The van der Waals surface area contributed by atoms with E-state index in [1.807, 2.05) is 30.3 Å². The third kappa shape index (κ3) is 4.51. The molecule has 1 N–H and O–H groups in total. The normalized spacial score (nSPS) is 18.1. The fraction of sp³-hybridized carbons (Fsp3) is 0.360. The molecule has 2 aliphatic rings. The van der Waals surface area contributed by atoms with Gasteiger partial charge in [-0.25, -0.2) is 0 Å². The van der Waals surface area contributed by atoms with Crippen molar-refractivity contribution in [1.82, 2.24) is 9.88 Å². The first-order valence-corrected chi connectivity index (χ1v) is 10.7. The van der Waals surface area contributed by atoms with Gasteiger partial charge in [0.1, 0.15) is 5.78 Å². The number of Topliss-reactive ketones (excluding diaryl/α,β-unsaturated/α-hetero) is 2. The molecule has 1 aromatic heterocycles. The molecule has 6 nitrogen and oxygen atoms in total. The molecule has 31 heavy (non-hydrogen) atoms. The van der Waals surface area contributed by atoms with Crippen molar-refractivity contribution < 1.29 is 14.4 Å². The molecular weight excluding hydrogens is 390 g/mol. The van der Waals surface area contributed by atoms with Crippen LogP contribution in [0.2, 0.25) is 0 Å². The standard InChI is InChI=1S/C25H25N3O3/c1-2-17-9-10-18(27-15-17)6-3-4-13-26-22-8-5-7-20-21(22)16-28(25(20)31)23-12-11-19(29)14-24(23)30/h1,5,7-10,15,23,26H,3-4,6,11-14,16H2. The maximum Gasteiger partial charge on any atom is 0.255 e. The summed E-state index contributed by atoms with van der Waals surface area (Å²) in [5.41, 5.74) is 4.32. The van der Waals surface area contributed by atoms with Crippen molar-refractivity contribution in [2.24, 2.45) is 0 Å². The Morgan fingerprint density at radius 3 is 2.77 bits per heavy atom. The predicted octanol–water partition coefficient (Wildman–Crippen LogP) is 3.14. The van der Waals surface area contributed by atoms with Gasteiger partial charge >= 0.3 is 0 Å². The molecule has 6 heteroatoms. The van der Waals surface area contributed by atoms with E-state index in [9.17, 15) is 14.4 Å². The fourth-order valence-electron chi connectivity index (χ4n) is 4.27. The quantitative estimate of drug-likeness (QED) is 0.427. The summed E-state index contributed by atoms with van der Waals surface area (Å²) in [5, 5.41) is 3.45. The van der Waals surface area contributed by atoms with E-state index < -0.39 is 6.04 Å². The van der Waals surface area contributed by atoms with Crippen molar-refractivity contribution >= 4 is 23.2 Å². The van der Waals surface area contributed by atoms with Crippen LogP contribution < -0.4 is 5.32 Å². The lowest BCUT2D eigenvalue weighted by Crippen LogP contribution is -2.44. The number of fused-ring (bicyclic) bond motifs is 1. The Kier molecular flexibility index (Phi) is 6.13. The van der Waals surface area contributed by atoms with Crippen molar-refractivity contribution in [3.63, 3.8) is 0 Å². The highest BCUT2D eigenvalue weighted by Gasteiger charge is 2.39. The van der Waals surface area contributed by atoms with Crippen LogP contribution in [0.25, 0.3) is 0 Å². The Balaban J connectivity index is 1.32. The first-order chi connectivity index (χ1) is 15.1. The number of terminal acetylenes is 1. The number of aryl methyl sites for hydroxylation is 1. The average molecular weight is 415 g/mol. The van der Waals surface area contributed by atoms with Crippen LogP contribution in [-0.2, 0) is 22.6 Å². The first kappa shape index (κ1) is 20.8. The zero-order valence-electron chi connectivity index (χ0n) is 17.4. The van der Waals surface area contributed by atoms with E-state index in [1.165, 1.54) is 0 Å². The third-order valence-electron chi connectivity index (χ3n) is 5.98. The van der Waals surface area contributed by atoms with Crippen LogP contribution in [-0.4, -0.2) is 39.9 Å². The summed E-state index contributed by atoms with van der Waals surface area (Å²) in [7, 11) is 0. The number of aromatic nitrogens is 1. The molecule has 1 saturated carbocycles. The summed E-state index contributed by atoms with van der Waals surface area (Å²) in [4.78, 5) is 42.8. The molecular formula is C25H25N3O3. The minimum atomic E-state index is -0.487. The van der Waals surface area contributed by atoms with Crippen LogP contribution in [0.3, 0.4) is 0 Å². The Morgan fingerprint density at radius 1 is 1.16 bits per heavy atom. The SMILES string of the molecule is C#Cc1ccc(CCCCNc2cccc3c2CN(C2CCC(=O)CC2=O)C3=O)nc1.